The van der Waals surface area contributed by atoms with Crippen molar-refractivity contribution in [3.8, 4) is 0 Å². The Bertz CT molecular complexity index is 442. The molecule has 2 saturated heterocycles. The van der Waals surface area contributed by atoms with Gasteiger partial charge in [-0.1, -0.05) is 19.0 Å². The molecule has 0 saturated carbocycles. The van der Waals surface area contributed by atoms with Crippen molar-refractivity contribution in [2.45, 2.75) is 48.2 Å². The lowest BCUT2D eigenvalue weighted by Crippen LogP contribution is -2.22. The highest BCUT2D eigenvalue weighted by Crippen LogP contribution is 2.43. The minimum absolute atomic E-state index is 0.00819. The van der Waals surface area contributed by atoms with Gasteiger partial charge in [-0.15, -0.1) is 11.8 Å². The summed E-state index contributed by atoms with van der Waals surface area (Å²) in [7, 11) is 0. The molecule has 5 atom stereocenters. The lowest BCUT2D eigenvalue weighted by molar-refractivity contribution is 0.191. The predicted molar refractivity (Wildman–Crippen MR) is 77.4 cm³/mol. The van der Waals surface area contributed by atoms with Crippen LogP contribution in [0.5, 0.6) is 0 Å². The van der Waals surface area contributed by atoms with Crippen molar-refractivity contribution in [3.63, 3.8) is 0 Å². The van der Waals surface area contributed by atoms with Gasteiger partial charge < -0.3 is 14.9 Å². The number of hydrogen-bond acceptors (Lipinski definition) is 7. The second-order valence-corrected chi connectivity index (χ2v) is 8.20. The molecule has 2 fully saturated rings. The average molecular weight is 301 g/mol. The van der Waals surface area contributed by atoms with Crippen LogP contribution in [0.4, 0.5) is 0 Å². The summed E-state index contributed by atoms with van der Waals surface area (Å²) < 4.78 is 5.35. The fourth-order valence-corrected chi connectivity index (χ4v) is 5.18. The van der Waals surface area contributed by atoms with Crippen LogP contribution in [0.15, 0.2) is 4.52 Å². The molecule has 0 radical (unpaired) electrons. The van der Waals surface area contributed by atoms with Crippen molar-refractivity contribution in [2.24, 2.45) is 0 Å². The molecule has 0 aromatic carbocycles. The Labute approximate surface area is 121 Å². The van der Waals surface area contributed by atoms with Gasteiger partial charge in [-0.2, -0.15) is 16.7 Å². The first-order valence-corrected chi connectivity index (χ1v) is 8.64. The van der Waals surface area contributed by atoms with Crippen LogP contribution in [0.3, 0.4) is 0 Å². The van der Waals surface area contributed by atoms with Crippen LogP contribution in [0.2, 0.25) is 0 Å². The highest BCUT2D eigenvalue weighted by Gasteiger charge is 2.32. The zero-order chi connectivity index (χ0) is 13.4. The topological polar surface area (TPSA) is 71.2 Å². The second-order valence-electron chi connectivity index (χ2n) is 5.21. The lowest BCUT2D eigenvalue weighted by atomic mass is 10.2. The van der Waals surface area contributed by atoms with Crippen molar-refractivity contribution in [2.75, 3.05) is 12.3 Å². The van der Waals surface area contributed by atoms with E-state index in [2.05, 4.69) is 29.3 Å². The smallest absolute Gasteiger partial charge is 0.243 e. The standard InChI is InChI=1S/C12H19N3O2S2/c1-6-7(2)19-10(5-18-6)11-14-12(17-15-11)9-3-8(16)4-13-9/h6-10,13,16H,3-5H2,1-2H3/t6?,7?,8-,9-,10?/m0/s1. The molecular formula is C12H19N3O2S2. The largest absolute Gasteiger partial charge is 0.392 e. The van der Waals surface area contributed by atoms with Gasteiger partial charge in [0.1, 0.15) is 0 Å². The van der Waals surface area contributed by atoms with Crippen molar-refractivity contribution >= 4 is 23.5 Å². The van der Waals surface area contributed by atoms with E-state index in [0.717, 1.165) is 11.6 Å². The second kappa shape index (κ2) is 5.63. The summed E-state index contributed by atoms with van der Waals surface area (Å²) in [6.07, 6.45) is 0.350. The van der Waals surface area contributed by atoms with E-state index in [0.29, 0.717) is 34.6 Å². The van der Waals surface area contributed by atoms with Gasteiger partial charge in [0, 0.05) is 22.8 Å². The van der Waals surface area contributed by atoms with Gasteiger partial charge >= 0.3 is 0 Å². The number of aliphatic hydroxyl groups is 1. The maximum Gasteiger partial charge on any atom is 0.243 e. The van der Waals surface area contributed by atoms with E-state index in [9.17, 15) is 5.11 Å². The fraction of sp³-hybridized carbons (Fsp3) is 0.833. The van der Waals surface area contributed by atoms with Gasteiger partial charge in [-0.05, 0) is 6.42 Å². The Morgan fingerprint density at radius 2 is 2.21 bits per heavy atom. The number of nitrogens with one attached hydrogen (secondary N) is 1. The number of thioether (sulfide) groups is 2. The van der Waals surface area contributed by atoms with E-state index in [1.165, 1.54) is 0 Å². The maximum absolute atomic E-state index is 9.52. The van der Waals surface area contributed by atoms with Crippen LogP contribution >= 0.6 is 23.5 Å². The monoisotopic (exact) mass is 301 g/mol. The zero-order valence-electron chi connectivity index (χ0n) is 11.1. The summed E-state index contributed by atoms with van der Waals surface area (Å²) >= 11 is 3.90. The van der Waals surface area contributed by atoms with E-state index in [1.54, 1.807) is 0 Å². The van der Waals surface area contributed by atoms with Crippen LogP contribution in [0.25, 0.3) is 0 Å². The molecule has 2 N–H and O–H groups in total. The predicted octanol–water partition coefficient (Wildman–Crippen LogP) is 1.76. The zero-order valence-corrected chi connectivity index (χ0v) is 12.7. The fourth-order valence-electron chi connectivity index (χ4n) is 2.34. The lowest BCUT2D eigenvalue weighted by Gasteiger charge is -2.29. The molecule has 2 aliphatic rings. The van der Waals surface area contributed by atoms with Crippen LogP contribution in [-0.2, 0) is 0 Å². The molecule has 3 rings (SSSR count). The van der Waals surface area contributed by atoms with E-state index < -0.39 is 0 Å². The van der Waals surface area contributed by atoms with Crippen molar-refractivity contribution in [3.05, 3.63) is 11.7 Å². The summed E-state index contributed by atoms with van der Waals surface area (Å²) in [5.41, 5.74) is 0. The Balaban J connectivity index is 1.68. The number of hydrogen-bond donors (Lipinski definition) is 2. The Hall–Kier alpha value is -0.240. The number of β-amino-alcohol motifs (C(OH)–C–C–N with tert-alkyl or cyclic N) is 1. The summed E-state index contributed by atoms with van der Waals surface area (Å²) in [5, 5.41) is 18.5. The van der Waals surface area contributed by atoms with Crippen LogP contribution in [0, 0.1) is 0 Å². The first-order valence-electron chi connectivity index (χ1n) is 6.65. The van der Waals surface area contributed by atoms with E-state index >= 15 is 0 Å². The van der Waals surface area contributed by atoms with Crippen LogP contribution in [-0.4, -0.2) is 44.1 Å². The first kappa shape index (κ1) is 13.7. The van der Waals surface area contributed by atoms with Crippen molar-refractivity contribution < 1.29 is 9.63 Å². The molecule has 0 amide bonds. The Morgan fingerprint density at radius 3 is 2.89 bits per heavy atom. The molecule has 3 heterocycles. The molecule has 7 heteroatoms. The van der Waals surface area contributed by atoms with Crippen molar-refractivity contribution in [1.82, 2.24) is 15.5 Å². The highest BCUT2D eigenvalue weighted by atomic mass is 32.2. The normalized spacial score (nSPS) is 39.6. The summed E-state index contributed by atoms with van der Waals surface area (Å²) in [5.74, 6) is 2.45. The molecule has 0 spiro atoms. The number of nitrogens with zero attached hydrogens (tertiary/aromatic N) is 2. The summed E-state index contributed by atoms with van der Waals surface area (Å²) in [6, 6.07) is 0.00819. The number of rotatable bonds is 2. The SMILES string of the molecule is CC1SCC(c2noc([C@@H]3C[C@H](O)CN3)n2)SC1C. The molecule has 1 aromatic rings. The van der Waals surface area contributed by atoms with Crippen LogP contribution in [0.1, 0.15) is 43.3 Å². The molecule has 1 aromatic heterocycles. The summed E-state index contributed by atoms with van der Waals surface area (Å²) in [4.78, 5) is 4.52. The van der Waals surface area contributed by atoms with Gasteiger partial charge in [0.25, 0.3) is 0 Å². The maximum atomic E-state index is 9.52. The molecule has 0 aliphatic carbocycles. The van der Waals surface area contributed by atoms with E-state index in [-0.39, 0.29) is 12.1 Å². The molecule has 19 heavy (non-hydrogen) atoms. The summed E-state index contributed by atoms with van der Waals surface area (Å²) in [6.45, 7) is 5.12. The molecular weight excluding hydrogens is 282 g/mol. The van der Waals surface area contributed by atoms with Gasteiger partial charge in [0.05, 0.1) is 17.4 Å². The average Bonchev–Trinajstić information content (AvgIpc) is 3.01. The third-order valence-electron chi connectivity index (χ3n) is 3.70. The molecule has 5 nitrogen and oxygen atoms in total. The third kappa shape index (κ3) is 2.94. The Kier molecular flexibility index (Phi) is 4.07. The minimum atomic E-state index is -0.305. The number of aliphatic hydroxyl groups excluding tert-OH is 1. The van der Waals surface area contributed by atoms with Gasteiger partial charge in [0.15, 0.2) is 5.82 Å². The molecule has 0 bridgehead atoms. The highest BCUT2D eigenvalue weighted by molar-refractivity contribution is 8.07. The van der Waals surface area contributed by atoms with E-state index in [1.807, 2.05) is 23.5 Å². The molecule has 2 aliphatic heterocycles. The Morgan fingerprint density at radius 1 is 1.37 bits per heavy atom. The van der Waals surface area contributed by atoms with Gasteiger partial charge in [0.2, 0.25) is 5.89 Å². The molecule has 3 unspecified atom stereocenters. The quantitative estimate of drug-likeness (QED) is 0.862. The molecule has 106 valence electrons. The third-order valence-corrected chi connectivity index (χ3v) is 7.09. The van der Waals surface area contributed by atoms with Gasteiger partial charge in [-0.3, -0.25) is 0 Å². The van der Waals surface area contributed by atoms with Crippen molar-refractivity contribution in [1.29, 1.82) is 0 Å². The van der Waals surface area contributed by atoms with E-state index in [4.69, 9.17) is 4.52 Å². The minimum Gasteiger partial charge on any atom is -0.392 e. The van der Waals surface area contributed by atoms with Crippen LogP contribution < -0.4 is 5.32 Å². The van der Waals surface area contributed by atoms with Gasteiger partial charge in [-0.25, -0.2) is 0 Å². The number of aromatic nitrogens is 2. The first-order chi connectivity index (χ1) is 9.13.